The van der Waals surface area contributed by atoms with E-state index < -0.39 is 0 Å². The topological polar surface area (TPSA) is 49.4 Å². The second-order valence-corrected chi connectivity index (χ2v) is 10.4. The van der Waals surface area contributed by atoms with Gasteiger partial charge in [0.15, 0.2) is 0 Å². The summed E-state index contributed by atoms with van der Waals surface area (Å²) in [6.07, 6.45) is 0.973. The fourth-order valence-corrected chi connectivity index (χ4v) is 5.08. The van der Waals surface area contributed by atoms with E-state index in [1.807, 2.05) is 65.6 Å². The molecule has 0 radical (unpaired) electrons. The lowest BCUT2D eigenvalue weighted by molar-refractivity contribution is -0.115. The number of rotatable bonds is 5. The Kier molecular flexibility index (Phi) is 6.61. The number of thioether (sulfide) groups is 1. The molecule has 1 aliphatic heterocycles. The highest BCUT2D eigenvalue weighted by molar-refractivity contribution is 8.00. The molecule has 1 heterocycles. The molecule has 2 amide bonds. The Labute approximate surface area is 200 Å². The van der Waals surface area contributed by atoms with E-state index in [0.29, 0.717) is 11.3 Å². The van der Waals surface area contributed by atoms with Crippen LogP contribution in [0.5, 0.6) is 0 Å². The van der Waals surface area contributed by atoms with Crippen LogP contribution in [0.25, 0.3) is 0 Å². The number of anilines is 2. The molecule has 5 heteroatoms. The van der Waals surface area contributed by atoms with Crippen molar-refractivity contribution in [1.29, 1.82) is 0 Å². The fraction of sp³-hybridized carbons (Fsp3) is 0.286. The van der Waals surface area contributed by atoms with Gasteiger partial charge >= 0.3 is 0 Å². The molecule has 0 saturated carbocycles. The van der Waals surface area contributed by atoms with Crippen molar-refractivity contribution in [1.82, 2.24) is 0 Å². The third-order valence-corrected chi connectivity index (χ3v) is 7.17. The first-order valence-corrected chi connectivity index (χ1v) is 12.4. The molecule has 4 nitrogen and oxygen atoms in total. The zero-order valence-electron chi connectivity index (χ0n) is 19.6. The summed E-state index contributed by atoms with van der Waals surface area (Å²) in [5.41, 5.74) is 5.82. The maximum absolute atomic E-state index is 12.7. The van der Waals surface area contributed by atoms with Crippen molar-refractivity contribution in [3.8, 4) is 0 Å². The average Bonchev–Trinajstić information content (AvgIpc) is 3.20. The number of carbonyl (C=O) groups excluding carboxylic acids is 2. The van der Waals surface area contributed by atoms with E-state index in [2.05, 4.69) is 45.1 Å². The molecule has 3 aromatic rings. The fourth-order valence-electron chi connectivity index (χ4n) is 3.90. The van der Waals surface area contributed by atoms with E-state index >= 15 is 0 Å². The number of aryl methyl sites for hydroxylation is 1. The third-order valence-electron chi connectivity index (χ3n) is 5.96. The van der Waals surface area contributed by atoms with Crippen LogP contribution in [0, 0.1) is 0 Å². The van der Waals surface area contributed by atoms with Gasteiger partial charge in [0.05, 0.1) is 5.75 Å². The van der Waals surface area contributed by atoms with Crippen LogP contribution >= 0.6 is 11.8 Å². The van der Waals surface area contributed by atoms with Crippen LogP contribution in [0.15, 0.2) is 72.8 Å². The van der Waals surface area contributed by atoms with Gasteiger partial charge in [-0.1, -0.05) is 64.1 Å². The molecule has 170 valence electrons. The molecular weight excluding hydrogens is 428 g/mol. The summed E-state index contributed by atoms with van der Waals surface area (Å²) >= 11 is 1.63. The van der Waals surface area contributed by atoms with E-state index in [9.17, 15) is 9.59 Å². The van der Waals surface area contributed by atoms with E-state index in [-0.39, 0.29) is 22.6 Å². The van der Waals surface area contributed by atoms with E-state index in [0.717, 1.165) is 23.4 Å². The minimum absolute atomic E-state index is 0.0520. The van der Waals surface area contributed by atoms with Crippen LogP contribution in [0.1, 0.15) is 60.1 Å². The highest BCUT2D eigenvalue weighted by Gasteiger charge is 2.34. The van der Waals surface area contributed by atoms with Crippen LogP contribution in [0.2, 0.25) is 0 Å². The van der Waals surface area contributed by atoms with Crippen molar-refractivity contribution < 1.29 is 9.59 Å². The zero-order valence-corrected chi connectivity index (χ0v) is 20.4. The second-order valence-electron chi connectivity index (χ2n) is 9.35. The molecular formula is C28H30N2O2S. The minimum atomic E-state index is -0.133. The summed E-state index contributed by atoms with van der Waals surface area (Å²) in [7, 11) is 0. The smallest absolute Gasteiger partial charge is 0.255 e. The molecule has 1 atom stereocenters. The van der Waals surface area contributed by atoms with Crippen LogP contribution in [-0.2, 0) is 16.6 Å². The van der Waals surface area contributed by atoms with Gasteiger partial charge in [0.1, 0.15) is 5.37 Å². The third kappa shape index (κ3) is 5.14. The Balaban J connectivity index is 1.47. The van der Waals surface area contributed by atoms with Gasteiger partial charge in [-0.3, -0.25) is 14.5 Å². The lowest BCUT2D eigenvalue weighted by atomic mass is 9.87. The Bertz CT molecular complexity index is 1130. The lowest BCUT2D eigenvalue weighted by Crippen LogP contribution is -2.27. The largest absolute Gasteiger partial charge is 0.322 e. The Morgan fingerprint density at radius 1 is 0.970 bits per heavy atom. The molecule has 0 bridgehead atoms. The predicted molar refractivity (Wildman–Crippen MR) is 138 cm³/mol. The van der Waals surface area contributed by atoms with Crippen molar-refractivity contribution in [2.24, 2.45) is 0 Å². The van der Waals surface area contributed by atoms with Crippen molar-refractivity contribution >= 4 is 35.0 Å². The number of amides is 2. The number of hydrogen-bond acceptors (Lipinski definition) is 3. The maximum atomic E-state index is 12.7. The SMILES string of the molecule is CCc1ccc(N2C(=O)CSC2c2ccc(NC(=O)c3ccc(C(C)(C)C)cc3)cc2)cc1. The average molecular weight is 459 g/mol. The normalized spacial score (nSPS) is 16.2. The zero-order chi connectivity index (χ0) is 23.6. The molecule has 0 spiro atoms. The molecule has 1 saturated heterocycles. The summed E-state index contributed by atoms with van der Waals surface area (Å²) in [4.78, 5) is 27.2. The molecule has 1 N–H and O–H groups in total. The van der Waals surface area contributed by atoms with Gasteiger partial charge in [-0.25, -0.2) is 0 Å². The molecule has 1 fully saturated rings. The summed E-state index contributed by atoms with van der Waals surface area (Å²) in [6.45, 7) is 8.58. The van der Waals surface area contributed by atoms with E-state index in [1.165, 1.54) is 11.1 Å². The van der Waals surface area contributed by atoms with Crippen molar-refractivity contribution in [2.45, 2.75) is 44.9 Å². The lowest BCUT2D eigenvalue weighted by Gasteiger charge is -2.24. The van der Waals surface area contributed by atoms with E-state index in [1.54, 1.807) is 11.8 Å². The van der Waals surface area contributed by atoms with Gasteiger partial charge in [-0.2, -0.15) is 0 Å². The molecule has 3 aromatic carbocycles. The first kappa shape index (κ1) is 23.1. The first-order valence-electron chi connectivity index (χ1n) is 11.3. The predicted octanol–water partition coefficient (Wildman–Crippen LogP) is 6.58. The quantitative estimate of drug-likeness (QED) is 0.470. The van der Waals surface area contributed by atoms with Gasteiger partial charge in [0, 0.05) is 16.9 Å². The van der Waals surface area contributed by atoms with Gasteiger partial charge < -0.3 is 5.32 Å². The Morgan fingerprint density at radius 2 is 1.61 bits per heavy atom. The molecule has 1 aliphatic rings. The molecule has 4 rings (SSSR count). The van der Waals surface area contributed by atoms with Gasteiger partial charge in [0.25, 0.3) is 5.91 Å². The summed E-state index contributed by atoms with van der Waals surface area (Å²) in [6, 6.07) is 23.7. The maximum Gasteiger partial charge on any atom is 0.255 e. The van der Waals surface area contributed by atoms with Gasteiger partial charge in [0.2, 0.25) is 5.91 Å². The minimum Gasteiger partial charge on any atom is -0.322 e. The number of hydrogen-bond donors (Lipinski definition) is 1. The molecule has 33 heavy (non-hydrogen) atoms. The molecule has 0 aliphatic carbocycles. The summed E-state index contributed by atoms with van der Waals surface area (Å²) < 4.78 is 0. The van der Waals surface area contributed by atoms with Crippen LogP contribution in [0.3, 0.4) is 0 Å². The summed E-state index contributed by atoms with van der Waals surface area (Å²) in [5.74, 6) is 0.445. The Morgan fingerprint density at radius 3 is 2.18 bits per heavy atom. The van der Waals surface area contributed by atoms with Gasteiger partial charge in [-0.05, 0) is 64.9 Å². The first-order chi connectivity index (χ1) is 15.8. The number of nitrogens with one attached hydrogen (secondary N) is 1. The monoisotopic (exact) mass is 458 g/mol. The highest BCUT2D eigenvalue weighted by Crippen LogP contribution is 2.42. The van der Waals surface area contributed by atoms with Crippen LogP contribution < -0.4 is 10.2 Å². The second kappa shape index (κ2) is 9.44. The summed E-state index contributed by atoms with van der Waals surface area (Å²) in [5, 5.41) is 2.90. The van der Waals surface area contributed by atoms with Crippen LogP contribution in [-0.4, -0.2) is 17.6 Å². The molecule has 0 aromatic heterocycles. The molecule has 1 unspecified atom stereocenters. The van der Waals surface area contributed by atoms with Crippen molar-refractivity contribution in [3.05, 3.63) is 95.1 Å². The number of nitrogens with zero attached hydrogens (tertiary/aromatic N) is 1. The number of carbonyl (C=O) groups is 2. The van der Waals surface area contributed by atoms with Gasteiger partial charge in [-0.15, -0.1) is 11.8 Å². The van der Waals surface area contributed by atoms with E-state index in [4.69, 9.17) is 0 Å². The van der Waals surface area contributed by atoms with Crippen molar-refractivity contribution in [2.75, 3.05) is 16.0 Å². The number of benzene rings is 3. The van der Waals surface area contributed by atoms with Crippen molar-refractivity contribution in [3.63, 3.8) is 0 Å². The van der Waals surface area contributed by atoms with Crippen LogP contribution in [0.4, 0.5) is 11.4 Å². The Hall–Kier alpha value is -3.05. The standard InChI is InChI=1S/C28H30N2O2S/c1-5-19-6-16-24(17-7-19)30-25(31)18-33-27(30)21-10-14-23(15-11-21)29-26(32)20-8-12-22(13-9-20)28(2,3)4/h6-17,27H,5,18H2,1-4H3,(H,29,32). The highest BCUT2D eigenvalue weighted by atomic mass is 32.2.